The molecule has 2 aliphatic rings. The van der Waals surface area contributed by atoms with Gasteiger partial charge in [0.15, 0.2) is 5.82 Å². The molecule has 76 valence electrons. The predicted molar refractivity (Wildman–Crippen MR) is 51.1 cm³/mol. The minimum absolute atomic E-state index is 0.448. The van der Waals surface area contributed by atoms with Crippen molar-refractivity contribution >= 4 is 0 Å². The van der Waals surface area contributed by atoms with Crippen molar-refractivity contribution in [1.82, 2.24) is 15.5 Å². The first-order valence-electron chi connectivity index (χ1n) is 5.47. The molecule has 1 aromatic rings. The number of hydrogen-bond acceptors (Lipinski definition) is 4. The molecule has 0 aromatic carbocycles. The normalized spacial score (nSPS) is 27.9. The highest BCUT2D eigenvalue weighted by Gasteiger charge is 2.30. The predicted octanol–water partition coefficient (Wildman–Crippen LogP) is 1.41. The van der Waals surface area contributed by atoms with Crippen molar-refractivity contribution in [3.05, 3.63) is 11.7 Å². The van der Waals surface area contributed by atoms with Gasteiger partial charge in [0.25, 0.3) is 0 Å². The fourth-order valence-electron chi connectivity index (χ4n) is 1.98. The molecule has 1 saturated heterocycles. The number of piperidine rings is 1. The van der Waals surface area contributed by atoms with Crippen LogP contribution in [0.2, 0.25) is 0 Å². The molecule has 1 atom stereocenters. The highest BCUT2D eigenvalue weighted by molar-refractivity contribution is 5.05. The monoisotopic (exact) mass is 193 g/mol. The Morgan fingerprint density at radius 1 is 1.21 bits per heavy atom. The maximum atomic E-state index is 5.30. The molecule has 4 heteroatoms. The molecular weight excluding hydrogens is 178 g/mol. The molecular formula is C10H15N3O. The summed E-state index contributed by atoms with van der Waals surface area (Å²) in [4.78, 5) is 4.48. The summed E-state index contributed by atoms with van der Waals surface area (Å²) in [5, 5.41) is 7.40. The zero-order valence-corrected chi connectivity index (χ0v) is 8.20. The summed E-state index contributed by atoms with van der Waals surface area (Å²) in [6.07, 6.45) is 4.87. The Morgan fingerprint density at radius 3 is 2.86 bits per heavy atom. The van der Waals surface area contributed by atoms with Crippen LogP contribution in [0.1, 0.15) is 49.2 Å². The number of nitrogens with one attached hydrogen (secondary N) is 1. The van der Waals surface area contributed by atoms with Crippen LogP contribution in [-0.2, 0) is 0 Å². The second-order valence-corrected chi connectivity index (χ2v) is 4.31. The first kappa shape index (κ1) is 8.41. The third-order valence-electron chi connectivity index (χ3n) is 3.05. The third-order valence-corrected chi connectivity index (χ3v) is 3.05. The summed E-state index contributed by atoms with van der Waals surface area (Å²) >= 11 is 0. The molecule has 1 aliphatic heterocycles. The van der Waals surface area contributed by atoms with Gasteiger partial charge >= 0.3 is 0 Å². The molecule has 1 N–H and O–H groups in total. The van der Waals surface area contributed by atoms with Gasteiger partial charge in [-0.15, -0.1) is 0 Å². The van der Waals surface area contributed by atoms with E-state index in [0.717, 1.165) is 24.8 Å². The Morgan fingerprint density at radius 2 is 2.14 bits per heavy atom. The quantitative estimate of drug-likeness (QED) is 0.771. The molecule has 1 aromatic heterocycles. The van der Waals surface area contributed by atoms with Crippen molar-refractivity contribution in [3.63, 3.8) is 0 Å². The number of nitrogens with zero attached hydrogens (tertiary/aromatic N) is 2. The second kappa shape index (κ2) is 3.35. The average molecular weight is 193 g/mol. The molecule has 0 unspecified atom stereocenters. The fourth-order valence-corrected chi connectivity index (χ4v) is 1.98. The second-order valence-electron chi connectivity index (χ2n) is 4.31. The third kappa shape index (κ3) is 1.54. The molecule has 1 aliphatic carbocycles. The van der Waals surface area contributed by atoms with Gasteiger partial charge in [-0.2, -0.15) is 4.98 Å². The van der Waals surface area contributed by atoms with E-state index in [9.17, 15) is 0 Å². The van der Waals surface area contributed by atoms with Gasteiger partial charge in [-0.1, -0.05) is 5.16 Å². The Labute approximate surface area is 83.1 Å². The number of hydrogen-bond donors (Lipinski definition) is 1. The van der Waals surface area contributed by atoms with Gasteiger partial charge in [0.05, 0.1) is 5.92 Å². The van der Waals surface area contributed by atoms with E-state index in [1.165, 1.54) is 25.7 Å². The Balaban J connectivity index is 1.74. The van der Waals surface area contributed by atoms with E-state index in [2.05, 4.69) is 15.5 Å². The van der Waals surface area contributed by atoms with Crippen LogP contribution in [0.3, 0.4) is 0 Å². The van der Waals surface area contributed by atoms with E-state index in [0.29, 0.717) is 11.8 Å². The van der Waals surface area contributed by atoms with Gasteiger partial charge in [-0.05, 0) is 32.2 Å². The van der Waals surface area contributed by atoms with E-state index in [-0.39, 0.29) is 0 Å². The van der Waals surface area contributed by atoms with Crippen LogP contribution >= 0.6 is 0 Å². The van der Waals surface area contributed by atoms with Crippen LogP contribution in [0.25, 0.3) is 0 Å². The molecule has 1 saturated carbocycles. The number of rotatable bonds is 2. The molecule has 2 fully saturated rings. The summed E-state index contributed by atoms with van der Waals surface area (Å²) in [5.74, 6) is 2.83. The molecule has 0 radical (unpaired) electrons. The smallest absolute Gasteiger partial charge is 0.231 e. The van der Waals surface area contributed by atoms with Gasteiger partial charge in [-0.3, -0.25) is 0 Å². The molecule has 4 nitrogen and oxygen atoms in total. The van der Waals surface area contributed by atoms with Crippen LogP contribution in [0.4, 0.5) is 0 Å². The van der Waals surface area contributed by atoms with Crippen LogP contribution in [0.5, 0.6) is 0 Å². The molecule has 0 bridgehead atoms. The summed E-state index contributed by atoms with van der Waals surface area (Å²) in [5.41, 5.74) is 0. The van der Waals surface area contributed by atoms with Gasteiger partial charge in [0, 0.05) is 12.5 Å². The van der Waals surface area contributed by atoms with Crippen molar-refractivity contribution in [2.24, 2.45) is 0 Å². The summed E-state index contributed by atoms with van der Waals surface area (Å²) in [7, 11) is 0. The lowest BCUT2D eigenvalue weighted by molar-refractivity contribution is 0.320. The minimum atomic E-state index is 0.448. The first-order chi connectivity index (χ1) is 6.93. The summed E-state index contributed by atoms with van der Waals surface area (Å²) in [6, 6.07) is 0. The van der Waals surface area contributed by atoms with Crippen molar-refractivity contribution in [2.75, 3.05) is 13.1 Å². The molecule has 14 heavy (non-hydrogen) atoms. The van der Waals surface area contributed by atoms with Crippen LogP contribution in [0, 0.1) is 0 Å². The average Bonchev–Trinajstić information content (AvgIpc) is 2.98. The SMILES string of the molecule is C1CNC[C@H](c2nc(C3CC3)no2)C1. The standard InChI is InChI=1S/C10H15N3O/c1-2-8(6-11-5-1)10-12-9(13-14-10)7-3-4-7/h7-8,11H,1-6H2/t8-/m1/s1. The Bertz CT molecular complexity index is 313. The van der Waals surface area contributed by atoms with Gasteiger partial charge < -0.3 is 9.84 Å². The summed E-state index contributed by atoms with van der Waals surface area (Å²) in [6.45, 7) is 2.12. The molecule has 3 rings (SSSR count). The zero-order valence-electron chi connectivity index (χ0n) is 8.20. The molecule has 2 heterocycles. The van der Waals surface area contributed by atoms with Crippen LogP contribution in [0.15, 0.2) is 4.52 Å². The van der Waals surface area contributed by atoms with E-state index in [1.54, 1.807) is 0 Å². The lowest BCUT2D eigenvalue weighted by atomic mass is 10.00. The van der Waals surface area contributed by atoms with E-state index in [4.69, 9.17) is 4.52 Å². The van der Waals surface area contributed by atoms with E-state index < -0.39 is 0 Å². The minimum Gasteiger partial charge on any atom is -0.339 e. The Hall–Kier alpha value is -0.900. The van der Waals surface area contributed by atoms with Gasteiger partial charge in [0.2, 0.25) is 5.89 Å². The lowest BCUT2D eigenvalue weighted by Crippen LogP contribution is -2.28. The summed E-state index contributed by atoms with van der Waals surface area (Å²) < 4.78 is 5.30. The van der Waals surface area contributed by atoms with Crippen molar-refractivity contribution in [2.45, 2.75) is 37.5 Å². The fraction of sp³-hybridized carbons (Fsp3) is 0.800. The van der Waals surface area contributed by atoms with E-state index in [1.807, 2.05) is 0 Å². The lowest BCUT2D eigenvalue weighted by Gasteiger charge is -2.18. The maximum absolute atomic E-state index is 5.30. The zero-order chi connectivity index (χ0) is 9.38. The highest BCUT2D eigenvalue weighted by Crippen LogP contribution is 2.38. The Kier molecular flexibility index (Phi) is 2.01. The maximum Gasteiger partial charge on any atom is 0.231 e. The highest BCUT2D eigenvalue weighted by atomic mass is 16.5. The number of aromatic nitrogens is 2. The molecule has 0 amide bonds. The molecule has 0 spiro atoms. The van der Waals surface area contributed by atoms with Crippen LogP contribution in [-0.4, -0.2) is 23.2 Å². The van der Waals surface area contributed by atoms with Crippen molar-refractivity contribution < 1.29 is 4.52 Å². The van der Waals surface area contributed by atoms with E-state index >= 15 is 0 Å². The van der Waals surface area contributed by atoms with Crippen molar-refractivity contribution in [1.29, 1.82) is 0 Å². The van der Waals surface area contributed by atoms with Gasteiger partial charge in [0.1, 0.15) is 0 Å². The van der Waals surface area contributed by atoms with Crippen LogP contribution < -0.4 is 5.32 Å². The van der Waals surface area contributed by atoms with Crippen molar-refractivity contribution in [3.8, 4) is 0 Å². The van der Waals surface area contributed by atoms with Gasteiger partial charge in [-0.25, -0.2) is 0 Å². The largest absolute Gasteiger partial charge is 0.339 e. The first-order valence-corrected chi connectivity index (χ1v) is 5.47. The topological polar surface area (TPSA) is 51.0 Å².